The van der Waals surface area contributed by atoms with Crippen molar-refractivity contribution >= 4 is 24.3 Å². The van der Waals surface area contributed by atoms with Gasteiger partial charge in [-0.1, -0.05) is 60.7 Å². The SMILES string of the molecule is CC(C)(O)C(=O)c1cccc(-c2ccc(-c3ccc(CP)c(CP)c3)cc2)c1. The first kappa shape index (κ1) is 20.9. The van der Waals surface area contributed by atoms with Crippen LogP contribution in [0.4, 0.5) is 0 Å². The first-order valence-electron chi connectivity index (χ1n) is 9.33. The first-order chi connectivity index (χ1) is 13.3. The van der Waals surface area contributed by atoms with Gasteiger partial charge in [-0.25, -0.2) is 0 Å². The van der Waals surface area contributed by atoms with Gasteiger partial charge in [-0.2, -0.15) is 0 Å². The van der Waals surface area contributed by atoms with E-state index in [1.807, 2.05) is 18.2 Å². The van der Waals surface area contributed by atoms with Gasteiger partial charge in [0, 0.05) is 5.56 Å². The maximum Gasteiger partial charge on any atom is 0.193 e. The molecule has 0 saturated heterocycles. The van der Waals surface area contributed by atoms with Gasteiger partial charge in [-0.15, -0.1) is 18.5 Å². The molecule has 0 heterocycles. The fraction of sp³-hybridized carbons (Fsp3) is 0.208. The number of benzene rings is 3. The van der Waals surface area contributed by atoms with Gasteiger partial charge in [0.05, 0.1) is 0 Å². The van der Waals surface area contributed by atoms with E-state index < -0.39 is 5.60 Å². The molecule has 0 aliphatic rings. The zero-order chi connectivity index (χ0) is 20.3. The largest absolute Gasteiger partial charge is 0.382 e. The maximum absolute atomic E-state index is 12.3. The Balaban J connectivity index is 1.90. The van der Waals surface area contributed by atoms with E-state index in [1.165, 1.54) is 36.1 Å². The van der Waals surface area contributed by atoms with Crippen molar-refractivity contribution in [1.82, 2.24) is 0 Å². The molecule has 0 amide bonds. The smallest absolute Gasteiger partial charge is 0.193 e. The second-order valence-electron chi connectivity index (χ2n) is 7.44. The van der Waals surface area contributed by atoms with Crippen molar-refractivity contribution in [3.63, 3.8) is 0 Å². The fourth-order valence-corrected chi connectivity index (χ4v) is 4.02. The number of aliphatic hydroxyl groups is 1. The number of ketones is 1. The van der Waals surface area contributed by atoms with Crippen LogP contribution in [0.1, 0.15) is 35.3 Å². The number of hydrogen-bond acceptors (Lipinski definition) is 2. The average Bonchev–Trinajstić information content (AvgIpc) is 2.72. The number of carbonyl (C=O) groups excluding carboxylic acids is 1. The lowest BCUT2D eigenvalue weighted by Crippen LogP contribution is -2.31. The van der Waals surface area contributed by atoms with Gasteiger partial charge in [0.15, 0.2) is 5.78 Å². The number of carbonyl (C=O) groups is 1. The second-order valence-corrected chi connectivity index (χ2v) is 8.25. The molecule has 4 heteroatoms. The molecule has 0 aromatic heterocycles. The van der Waals surface area contributed by atoms with Crippen molar-refractivity contribution in [2.24, 2.45) is 0 Å². The minimum atomic E-state index is -1.37. The molecule has 1 N–H and O–H groups in total. The Morgan fingerprint density at radius 1 is 0.786 bits per heavy atom. The summed E-state index contributed by atoms with van der Waals surface area (Å²) in [5.74, 6) is -0.273. The third-order valence-electron chi connectivity index (χ3n) is 4.88. The van der Waals surface area contributed by atoms with Crippen LogP contribution in [0, 0.1) is 0 Å². The van der Waals surface area contributed by atoms with Crippen LogP contribution >= 0.6 is 18.5 Å². The normalized spacial score (nSPS) is 11.5. The van der Waals surface area contributed by atoms with Crippen molar-refractivity contribution in [3.8, 4) is 22.3 Å². The van der Waals surface area contributed by atoms with Crippen LogP contribution in [0.25, 0.3) is 22.3 Å². The highest BCUT2D eigenvalue weighted by Crippen LogP contribution is 2.29. The lowest BCUT2D eigenvalue weighted by Gasteiger charge is -2.16. The van der Waals surface area contributed by atoms with E-state index >= 15 is 0 Å². The molecule has 3 aromatic carbocycles. The van der Waals surface area contributed by atoms with Gasteiger partial charge in [0.25, 0.3) is 0 Å². The zero-order valence-electron chi connectivity index (χ0n) is 16.3. The van der Waals surface area contributed by atoms with Crippen LogP contribution in [0.15, 0.2) is 66.7 Å². The van der Waals surface area contributed by atoms with Crippen molar-refractivity contribution in [1.29, 1.82) is 0 Å². The molecule has 144 valence electrons. The highest BCUT2D eigenvalue weighted by molar-refractivity contribution is 7.16. The molecule has 28 heavy (non-hydrogen) atoms. The minimum Gasteiger partial charge on any atom is -0.382 e. The third-order valence-corrected chi connectivity index (χ3v) is 5.76. The van der Waals surface area contributed by atoms with Crippen LogP contribution in [-0.4, -0.2) is 16.5 Å². The average molecular weight is 408 g/mol. The summed E-state index contributed by atoms with van der Waals surface area (Å²) in [5.41, 5.74) is 6.23. The van der Waals surface area contributed by atoms with Crippen molar-refractivity contribution in [3.05, 3.63) is 83.4 Å². The molecule has 0 radical (unpaired) electrons. The summed E-state index contributed by atoms with van der Waals surface area (Å²) in [6, 6.07) is 22.4. The molecule has 0 bridgehead atoms. The van der Waals surface area contributed by atoms with Crippen molar-refractivity contribution in [2.75, 3.05) is 0 Å². The van der Waals surface area contributed by atoms with Gasteiger partial charge < -0.3 is 5.11 Å². The molecular formula is C24H26O2P2. The lowest BCUT2D eigenvalue weighted by atomic mass is 9.93. The summed E-state index contributed by atoms with van der Waals surface area (Å²) in [6.07, 6.45) is 1.90. The quantitative estimate of drug-likeness (QED) is 0.418. The Bertz CT molecular complexity index is 986. The summed E-state index contributed by atoms with van der Waals surface area (Å²) < 4.78 is 0. The highest BCUT2D eigenvalue weighted by Gasteiger charge is 2.25. The summed E-state index contributed by atoms with van der Waals surface area (Å²) in [4.78, 5) is 12.3. The Hall–Kier alpha value is -1.85. The summed E-state index contributed by atoms with van der Waals surface area (Å²) in [6.45, 7) is 3.03. The summed E-state index contributed by atoms with van der Waals surface area (Å²) >= 11 is 0. The van der Waals surface area contributed by atoms with E-state index in [-0.39, 0.29) is 5.78 Å². The maximum atomic E-state index is 12.3. The van der Waals surface area contributed by atoms with Crippen LogP contribution in [0.5, 0.6) is 0 Å². The summed E-state index contributed by atoms with van der Waals surface area (Å²) in [5, 5.41) is 9.99. The molecule has 2 nitrogen and oxygen atoms in total. The van der Waals surface area contributed by atoms with Crippen molar-refractivity contribution in [2.45, 2.75) is 31.8 Å². The standard InChI is InChI=1S/C24H26O2P2/c1-24(2,26)23(25)20-5-3-4-18(12-20)16-6-8-17(9-7-16)19-10-11-21(14-27)22(13-19)15-28/h3-13,26H,14-15,27-28H2,1-2H3. The molecule has 0 spiro atoms. The molecule has 2 atom stereocenters. The van der Waals surface area contributed by atoms with Crippen LogP contribution in [0.2, 0.25) is 0 Å². The van der Waals surface area contributed by atoms with E-state index in [2.05, 4.69) is 60.9 Å². The van der Waals surface area contributed by atoms with Crippen LogP contribution in [-0.2, 0) is 12.3 Å². The molecule has 3 rings (SSSR count). The van der Waals surface area contributed by atoms with Crippen molar-refractivity contribution < 1.29 is 9.90 Å². The molecule has 0 fully saturated rings. The molecule has 0 saturated carbocycles. The van der Waals surface area contributed by atoms with E-state index in [0.29, 0.717) is 5.56 Å². The van der Waals surface area contributed by atoms with Gasteiger partial charge in [-0.05, 0) is 65.6 Å². The van der Waals surface area contributed by atoms with Gasteiger partial charge in [0.2, 0.25) is 0 Å². The molecule has 2 unspecified atom stereocenters. The number of rotatable bonds is 6. The predicted molar refractivity (Wildman–Crippen MR) is 125 cm³/mol. The molecule has 3 aromatic rings. The highest BCUT2D eigenvalue weighted by atomic mass is 31.0. The lowest BCUT2D eigenvalue weighted by molar-refractivity contribution is 0.0488. The van der Waals surface area contributed by atoms with E-state index in [0.717, 1.165) is 23.5 Å². The number of hydrogen-bond donors (Lipinski definition) is 1. The van der Waals surface area contributed by atoms with E-state index in [1.54, 1.807) is 6.07 Å². The van der Waals surface area contributed by atoms with Gasteiger partial charge in [0.1, 0.15) is 5.60 Å². The molecule has 0 aliphatic heterocycles. The van der Waals surface area contributed by atoms with Gasteiger partial charge >= 0.3 is 0 Å². The van der Waals surface area contributed by atoms with Crippen LogP contribution < -0.4 is 0 Å². The van der Waals surface area contributed by atoms with E-state index in [9.17, 15) is 9.90 Å². The van der Waals surface area contributed by atoms with Crippen LogP contribution in [0.3, 0.4) is 0 Å². The minimum absolute atomic E-state index is 0.273. The molecular weight excluding hydrogens is 382 g/mol. The fourth-order valence-electron chi connectivity index (χ4n) is 3.24. The Morgan fingerprint density at radius 2 is 1.32 bits per heavy atom. The topological polar surface area (TPSA) is 37.3 Å². The molecule has 0 aliphatic carbocycles. The predicted octanol–water partition coefficient (Wildman–Crippen LogP) is 5.72. The number of Topliss-reactive ketones (excluding diaryl/α,β-unsaturated/α-hetero) is 1. The second kappa shape index (κ2) is 8.66. The summed E-state index contributed by atoms with van der Waals surface area (Å²) in [7, 11) is 5.59. The Labute approximate surface area is 171 Å². The Morgan fingerprint density at radius 3 is 1.86 bits per heavy atom. The zero-order valence-corrected chi connectivity index (χ0v) is 18.6. The van der Waals surface area contributed by atoms with E-state index in [4.69, 9.17) is 0 Å². The third kappa shape index (κ3) is 4.58. The monoisotopic (exact) mass is 408 g/mol. The van der Waals surface area contributed by atoms with Gasteiger partial charge in [-0.3, -0.25) is 4.79 Å². The first-order valence-corrected chi connectivity index (χ1v) is 11.0. The Kier molecular flexibility index (Phi) is 6.46.